The van der Waals surface area contributed by atoms with Crippen molar-refractivity contribution in [1.29, 1.82) is 0 Å². The van der Waals surface area contributed by atoms with Gasteiger partial charge in [-0.2, -0.15) is 0 Å². The fraction of sp³-hybridized carbons (Fsp3) is 0.286. The molecule has 0 aliphatic carbocycles. The molecule has 0 amide bonds. The maximum atomic E-state index is 5.46. The number of nitrogens with zero attached hydrogens (tertiary/aromatic N) is 1. The van der Waals surface area contributed by atoms with Crippen LogP contribution in [0.5, 0.6) is 5.75 Å². The number of pyridine rings is 1. The third-order valence-electron chi connectivity index (χ3n) is 1.32. The van der Waals surface area contributed by atoms with Crippen LogP contribution in [0.25, 0.3) is 0 Å². The molecular weight excluding hydrogens is 142 g/mol. The van der Waals surface area contributed by atoms with E-state index in [0.717, 1.165) is 5.69 Å². The molecule has 0 saturated heterocycles. The summed E-state index contributed by atoms with van der Waals surface area (Å²) in [6.45, 7) is 0.376. The monoisotopic (exact) mass is 153 g/mol. The van der Waals surface area contributed by atoms with Crippen LogP contribution in [-0.4, -0.2) is 12.1 Å². The van der Waals surface area contributed by atoms with Gasteiger partial charge >= 0.3 is 0 Å². The molecular formula is C7H11N3O. The van der Waals surface area contributed by atoms with Crippen LogP contribution in [-0.2, 0) is 6.54 Å². The van der Waals surface area contributed by atoms with Gasteiger partial charge in [-0.05, 0) is 0 Å². The first kappa shape index (κ1) is 7.81. The number of anilines is 1. The van der Waals surface area contributed by atoms with E-state index in [2.05, 4.69) is 4.98 Å². The molecule has 11 heavy (non-hydrogen) atoms. The van der Waals surface area contributed by atoms with E-state index in [9.17, 15) is 0 Å². The van der Waals surface area contributed by atoms with Crippen LogP contribution < -0.4 is 16.2 Å². The van der Waals surface area contributed by atoms with E-state index in [1.165, 1.54) is 0 Å². The van der Waals surface area contributed by atoms with Crippen molar-refractivity contribution in [3.63, 3.8) is 0 Å². The maximum Gasteiger partial charge on any atom is 0.127 e. The standard InChI is InChI=1S/C7H11N3O/c1-11-6-2-5(4-8)10-7(9)3-6/h2-3H,4,8H2,1H3,(H2,9,10). The number of nitrogens with two attached hydrogens (primary N) is 2. The third kappa shape index (κ3) is 1.81. The van der Waals surface area contributed by atoms with Crippen LogP contribution in [0.3, 0.4) is 0 Å². The smallest absolute Gasteiger partial charge is 0.127 e. The van der Waals surface area contributed by atoms with Crippen LogP contribution >= 0.6 is 0 Å². The molecule has 0 radical (unpaired) electrons. The zero-order valence-electron chi connectivity index (χ0n) is 6.37. The molecule has 0 aliphatic rings. The Hall–Kier alpha value is -1.29. The largest absolute Gasteiger partial charge is 0.497 e. The summed E-state index contributed by atoms with van der Waals surface area (Å²) in [5.41, 5.74) is 11.6. The molecule has 1 rings (SSSR count). The SMILES string of the molecule is COc1cc(N)nc(CN)c1. The van der Waals surface area contributed by atoms with Gasteiger partial charge in [0.15, 0.2) is 0 Å². The Bertz CT molecular complexity index is 227. The Morgan fingerprint density at radius 2 is 2.27 bits per heavy atom. The molecule has 0 bridgehead atoms. The van der Waals surface area contributed by atoms with Gasteiger partial charge in [0.05, 0.1) is 12.8 Å². The minimum absolute atomic E-state index is 0.376. The molecule has 4 N–H and O–H groups in total. The Labute approximate surface area is 65.2 Å². The first-order valence-corrected chi connectivity index (χ1v) is 3.26. The average Bonchev–Trinajstić information content (AvgIpc) is 2.03. The summed E-state index contributed by atoms with van der Waals surface area (Å²) < 4.78 is 4.96. The molecule has 1 aromatic rings. The van der Waals surface area contributed by atoms with Crippen molar-refractivity contribution < 1.29 is 4.74 Å². The van der Waals surface area contributed by atoms with Crippen molar-refractivity contribution in [2.75, 3.05) is 12.8 Å². The summed E-state index contributed by atoms with van der Waals surface area (Å²) >= 11 is 0. The topological polar surface area (TPSA) is 74.2 Å². The van der Waals surface area contributed by atoms with E-state index in [-0.39, 0.29) is 0 Å². The molecule has 0 fully saturated rings. The van der Waals surface area contributed by atoms with Crippen LogP contribution in [0.15, 0.2) is 12.1 Å². The van der Waals surface area contributed by atoms with Crippen molar-refractivity contribution in [3.05, 3.63) is 17.8 Å². The average molecular weight is 153 g/mol. The van der Waals surface area contributed by atoms with E-state index in [1.54, 1.807) is 19.2 Å². The molecule has 1 heterocycles. The van der Waals surface area contributed by atoms with Crippen molar-refractivity contribution in [2.45, 2.75) is 6.54 Å². The van der Waals surface area contributed by atoms with Gasteiger partial charge < -0.3 is 16.2 Å². The lowest BCUT2D eigenvalue weighted by Crippen LogP contribution is -2.02. The number of nitrogen functional groups attached to an aromatic ring is 1. The second kappa shape index (κ2) is 3.21. The lowest BCUT2D eigenvalue weighted by molar-refractivity contribution is 0.414. The molecule has 0 aliphatic heterocycles. The van der Waals surface area contributed by atoms with Crippen LogP contribution in [0.2, 0.25) is 0 Å². The molecule has 0 spiro atoms. The summed E-state index contributed by atoms with van der Waals surface area (Å²) in [4.78, 5) is 3.97. The molecule has 0 aromatic carbocycles. The van der Waals surface area contributed by atoms with Gasteiger partial charge in [-0.25, -0.2) is 4.98 Å². The number of rotatable bonds is 2. The van der Waals surface area contributed by atoms with Crippen LogP contribution in [0.1, 0.15) is 5.69 Å². The Balaban J connectivity index is 3.02. The highest BCUT2D eigenvalue weighted by molar-refractivity contribution is 5.38. The van der Waals surface area contributed by atoms with E-state index in [0.29, 0.717) is 18.1 Å². The predicted molar refractivity (Wildman–Crippen MR) is 43.1 cm³/mol. The zero-order valence-corrected chi connectivity index (χ0v) is 6.37. The Morgan fingerprint density at radius 3 is 2.82 bits per heavy atom. The van der Waals surface area contributed by atoms with Crippen molar-refractivity contribution >= 4 is 5.82 Å². The van der Waals surface area contributed by atoms with Crippen LogP contribution in [0.4, 0.5) is 5.82 Å². The molecule has 4 nitrogen and oxygen atoms in total. The van der Waals surface area contributed by atoms with Crippen LogP contribution in [0, 0.1) is 0 Å². The van der Waals surface area contributed by atoms with Gasteiger partial charge in [-0.15, -0.1) is 0 Å². The number of ether oxygens (including phenoxy) is 1. The van der Waals surface area contributed by atoms with Gasteiger partial charge in [-0.1, -0.05) is 0 Å². The van der Waals surface area contributed by atoms with E-state index < -0.39 is 0 Å². The molecule has 1 aromatic heterocycles. The van der Waals surface area contributed by atoms with Gasteiger partial charge in [0, 0.05) is 18.7 Å². The normalized spacial score (nSPS) is 9.64. The summed E-state index contributed by atoms with van der Waals surface area (Å²) in [7, 11) is 1.58. The zero-order chi connectivity index (χ0) is 8.27. The van der Waals surface area contributed by atoms with E-state index in [1.807, 2.05) is 0 Å². The van der Waals surface area contributed by atoms with Gasteiger partial charge in [0.2, 0.25) is 0 Å². The lowest BCUT2D eigenvalue weighted by atomic mass is 10.3. The minimum Gasteiger partial charge on any atom is -0.497 e. The summed E-state index contributed by atoms with van der Waals surface area (Å²) in [6.07, 6.45) is 0. The van der Waals surface area contributed by atoms with E-state index >= 15 is 0 Å². The highest BCUT2D eigenvalue weighted by atomic mass is 16.5. The second-order valence-electron chi connectivity index (χ2n) is 2.13. The maximum absolute atomic E-state index is 5.46. The number of aromatic nitrogens is 1. The molecule has 60 valence electrons. The fourth-order valence-electron chi connectivity index (χ4n) is 0.804. The Morgan fingerprint density at radius 1 is 1.55 bits per heavy atom. The molecule has 0 unspecified atom stereocenters. The highest BCUT2D eigenvalue weighted by Crippen LogP contribution is 2.14. The second-order valence-corrected chi connectivity index (χ2v) is 2.13. The van der Waals surface area contributed by atoms with Gasteiger partial charge in [0.1, 0.15) is 11.6 Å². The first-order valence-electron chi connectivity index (χ1n) is 3.26. The van der Waals surface area contributed by atoms with Crippen molar-refractivity contribution in [1.82, 2.24) is 4.98 Å². The number of hydrogen-bond acceptors (Lipinski definition) is 4. The predicted octanol–water partition coefficient (Wildman–Crippen LogP) is 0.131. The first-order chi connectivity index (χ1) is 5.26. The summed E-state index contributed by atoms with van der Waals surface area (Å²) in [5.74, 6) is 1.13. The number of hydrogen-bond donors (Lipinski definition) is 2. The van der Waals surface area contributed by atoms with Gasteiger partial charge in [0.25, 0.3) is 0 Å². The lowest BCUT2D eigenvalue weighted by Gasteiger charge is -2.02. The third-order valence-corrected chi connectivity index (χ3v) is 1.32. The number of methoxy groups -OCH3 is 1. The highest BCUT2D eigenvalue weighted by Gasteiger charge is 1.97. The van der Waals surface area contributed by atoms with Crippen molar-refractivity contribution in [2.24, 2.45) is 5.73 Å². The Kier molecular flexibility index (Phi) is 2.28. The van der Waals surface area contributed by atoms with Crippen molar-refractivity contribution in [3.8, 4) is 5.75 Å². The molecule has 4 heteroatoms. The van der Waals surface area contributed by atoms with Gasteiger partial charge in [-0.3, -0.25) is 0 Å². The summed E-state index contributed by atoms with van der Waals surface area (Å²) in [5, 5.41) is 0. The quantitative estimate of drug-likeness (QED) is 0.633. The molecule has 0 atom stereocenters. The molecule has 0 saturated carbocycles. The van der Waals surface area contributed by atoms with E-state index in [4.69, 9.17) is 16.2 Å². The summed E-state index contributed by atoms with van der Waals surface area (Å²) in [6, 6.07) is 3.41. The fourth-order valence-corrected chi connectivity index (χ4v) is 0.804. The minimum atomic E-state index is 0.376.